The first-order valence-corrected chi connectivity index (χ1v) is 13.7. The van der Waals surface area contributed by atoms with E-state index >= 15 is 0 Å². The maximum atomic E-state index is 13.8. The number of amides is 1. The van der Waals surface area contributed by atoms with Gasteiger partial charge in [-0.05, 0) is 38.7 Å². The lowest BCUT2D eigenvalue weighted by atomic mass is 9.97. The highest BCUT2D eigenvalue weighted by Gasteiger charge is 2.50. The van der Waals surface area contributed by atoms with E-state index < -0.39 is 31.3 Å². The lowest BCUT2D eigenvalue weighted by Crippen LogP contribution is -2.66. The van der Waals surface area contributed by atoms with Crippen molar-refractivity contribution >= 4 is 36.2 Å². The summed E-state index contributed by atoms with van der Waals surface area (Å²) in [5.41, 5.74) is -0.638. The van der Waals surface area contributed by atoms with E-state index in [9.17, 15) is 18.0 Å². The summed E-state index contributed by atoms with van der Waals surface area (Å²) in [4.78, 5) is 12.2. The highest BCUT2D eigenvalue weighted by Crippen LogP contribution is 2.40. The molecule has 3 aromatic rings. The van der Waals surface area contributed by atoms with Crippen molar-refractivity contribution < 1.29 is 22.4 Å². The molecule has 3 nitrogen and oxygen atoms in total. The maximum absolute atomic E-state index is 13.8. The van der Waals surface area contributed by atoms with Crippen LogP contribution < -0.4 is 15.7 Å². The highest BCUT2D eigenvalue weighted by atomic mass is 35.5. The standard InChI is InChI=1S/C27H27ClF3NO2Si/c1-26(2,3)35(19-10-6-4-7-11-19,20-12-8-5-9-13-20)34-17-24(28)18-14-21-22(16-32-25(21)33)23(15-18)27(29,30)31/h4-15,24H,16-17H2,1-3H3,(H,32,33). The van der Waals surface area contributed by atoms with Crippen LogP contribution in [0.15, 0.2) is 72.8 Å². The Morgan fingerprint density at radius 2 is 1.51 bits per heavy atom. The van der Waals surface area contributed by atoms with Crippen molar-refractivity contribution in [3.05, 3.63) is 95.1 Å². The van der Waals surface area contributed by atoms with E-state index in [4.69, 9.17) is 16.0 Å². The fraction of sp³-hybridized carbons (Fsp3) is 0.296. The van der Waals surface area contributed by atoms with Crippen molar-refractivity contribution in [3.63, 3.8) is 0 Å². The van der Waals surface area contributed by atoms with Gasteiger partial charge in [-0.25, -0.2) is 0 Å². The molecule has 1 aliphatic heterocycles. The van der Waals surface area contributed by atoms with Crippen LogP contribution in [0.4, 0.5) is 13.2 Å². The molecule has 1 N–H and O–H groups in total. The highest BCUT2D eigenvalue weighted by molar-refractivity contribution is 6.99. The third-order valence-electron chi connectivity index (χ3n) is 6.47. The number of carbonyl (C=O) groups excluding carboxylic acids is 1. The molecule has 184 valence electrons. The van der Waals surface area contributed by atoms with Crippen LogP contribution in [-0.4, -0.2) is 20.8 Å². The lowest BCUT2D eigenvalue weighted by Gasteiger charge is -2.43. The van der Waals surface area contributed by atoms with Crippen LogP contribution in [-0.2, 0) is 17.1 Å². The molecule has 0 saturated heterocycles. The van der Waals surface area contributed by atoms with Crippen LogP contribution in [0.3, 0.4) is 0 Å². The zero-order chi connectivity index (χ0) is 25.4. The number of halogens is 4. The quantitative estimate of drug-likeness (QED) is 0.331. The Labute approximate surface area is 209 Å². The first kappa shape index (κ1) is 25.5. The number of carbonyl (C=O) groups is 1. The second-order valence-electron chi connectivity index (χ2n) is 9.72. The van der Waals surface area contributed by atoms with E-state index in [-0.39, 0.29) is 34.9 Å². The van der Waals surface area contributed by atoms with Crippen molar-refractivity contribution in [1.82, 2.24) is 5.32 Å². The average Bonchev–Trinajstić information content (AvgIpc) is 3.19. The van der Waals surface area contributed by atoms with Crippen molar-refractivity contribution in [2.45, 2.75) is 43.9 Å². The Morgan fingerprint density at radius 1 is 0.971 bits per heavy atom. The van der Waals surface area contributed by atoms with Crippen LogP contribution in [0.1, 0.15) is 53.2 Å². The van der Waals surface area contributed by atoms with Gasteiger partial charge in [-0.15, -0.1) is 11.6 Å². The Morgan fingerprint density at radius 3 is 2.00 bits per heavy atom. The first-order chi connectivity index (χ1) is 16.4. The summed E-state index contributed by atoms with van der Waals surface area (Å²) in [7, 11) is -2.92. The van der Waals surface area contributed by atoms with E-state index in [1.54, 1.807) is 0 Å². The van der Waals surface area contributed by atoms with Gasteiger partial charge in [0, 0.05) is 12.1 Å². The number of fused-ring (bicyclic) bond motifs is 1. The second kappa shape index (κ2) is 9.45. The molecule has 1 atom stereocenters. The van der Waals surface area contributed by atoms with Gasteiger partial charge in [-0.3, -0.25) is 4.79 Å². The number of nitrogens with one attached hydrogen (secondary N) is 1. The molecule has 4 rings (SSSR count). The zero-order valence-corrected chi connectivity index (χ0v) is 21.5. The van der Waals surface area contributed by atoms with Crippen LogP contribution in [0.25, 0.3) is 0 Å². The minimum Gasteiger partial charge on any atom is -0.406 e. The molecule has 3 aromatic carbocycles. The third kappa shape index (κ3) is 4.77. The maximum Gasteiger partial charge on any atom is 0.416 e. The van der Waals surface area contributed by atoms with Crippen LogP contribution in [0, 0.1) is 0 Å². The fourth-order valence-corrected chi connectivity index (χ4v) is 9.71. The van der Waals surface area contributed by atoms with Gasteiger partial charge in [0.2, 0.25) is 0 Å². The number of hydrogen-bond acceptors (Lipinski definition) is 2. The summed E-state index contributed by atoms with van der Waals surface area (Å²) < 4.78 is 48.1. The predicted octanol–water partition coefficient (Wildman–Crippen LogP) is 5.81. The molecule has 0 saturated carbocycles. The van der Waals surface area contributed by atoms with Gasteiger partial charge in [-0.2, -0.15) is 13.2 Å². The topological polar surface area (TPSA) is 38.3 Å². The molecule has 8 heteroatoms. The summed E-state index contributed by atoms with van der Waals surface area (Å²) in [6.45, 7) is 6.19. The summed E-state index contributed by atoms with van der Waals surface area (Å²) in [5.74, 6) is -0.524. The minimum absolute atomic E-state index is 0.00740. The smallest absolute Gasteiger partial charge is 0.406 e. The van der Waals surface area contributed by atoms with Gasteiger partial charge in [0.25, 0.3) is 14.2 Å². The van der Waals surface area contributed by atoms with E-state index in [1.165, 1.54) is 6.07 Å². The summed E-state index contributed by atoms with van der Waals surface area (Å²) in [6, 6.07) is 22.4. The number of alkyl halides is 4. The van der Waals surface area contributed by atoms with Crippen LogP contribution >= 0.6 is 11.6 Å². The largest absolute Gasteiger partial charge is 0.416 e. The average molecular weight is 518 g/mol. The molecule has 1 heterocycles. The van der Waals surface area contributed by atoms with Gasteiger partial charge in [0.05, 0.1) is 17.5 Å². The molecule has 1 aliphatic rings. The number of benzene rings is 3. The van der Waals surface area contributed by atoms with Gasteiger partial charge in [-0.1, -0.05) is 81.4 Å². The molecule has 0 fully saturated rings. The van der Waals surface area contributed by atoms with Crippen LogP contribution in [0.2, 0.25) is 5.04 Å². The fourth-order valence-electron chi connectivity index (χ4n) is 4.84. The Balaban J connectivity index is 1.76. The van der Waals surface area contributed by atoms with Crippen molar-refractivity contribution in [3.8, 4) is 0 Å². The van der Waals surface area contributed by atoms with Gasteiger partial charge in [0.15, 0.2) is 0 Å². The summed E-state index contributed by atoms with van der Waals surface area (Å²) in [6.07, 6.45) is -4.60. The molecule has 0 radical (unpaired) electrons. The monoisotopic (exact) mass is 517 g/mol. The van der Waals surface area contributed by atoms with Crippen molar-refractivity contribution in [2.75, 3.05) is 6.61 Å². The third-order valence-corrected chi connectivity index (χ3v) is 11.9. The summed E-state index contributed by atoms with van der Waals surface area (Å²) in [5, 5.41) is 3.39. The predicted molar refractivity (Wildman–Crippen MR) is 135 cm³/mol. The molecule has 1 unspecified atom stereocenters. The van der Waals surface area contributed by atoms with Gasteiger partial charge < -0.3 is 9.74 Å². The Bertz CT molecular complexity index is 1170. The van der Waals surface area contributed by atoms with Crippen molar-refractivity contribution in [1.29, 1.82) is 0 Å². The minimum atomic E-state index is -4.60. The molecule has 0 bridgehead atoms. The SMILES string of the molecule is CC(C)(C)[Si](OCC(Cl)c1cc2c(c(C(F)(F)F)c1)CNC2=O)(c1ccccc1)c1ccccc1. The van der Waals surface area contributed by atoms with E-state index in [1.807, 2.05) is 60.7 Å². The second-order valence-corrected chi connectivity index (χ2v) is 14.5. The molecule has 35 heavy (non-hydrogen) atoms. The van der Waals surface area contributed by atoms with E-state index in [0.29, 0.717) is 0 Å². The molecule has 1 amide bonds. The molecule has 0 aliphatic carbocycles. The Hall–Kier alpha value is -2.61. The molecular weight excluding hydrogens is 491 g/mol. The lowest BCUT2D eigenvalue weighted by molar-refractivity contribution is -0.138. The number of hydrogen-bond donors (Lipinski definition) is 1. The van der Waals surface area contributed by atoms with Crippen LogP contribution in [0.5, 0.6) is 0 Å². The zero-order valence-electron chi connectivity index (χ0n) is 19.7. The number of rotatable bonds is 6. The summed E-state index contributed by atoms with van der Waals surface area (Å²) >= 11 is 6.71. The van der Waals surface area contributed by atoms with Gasteiger partial charge in [0.1, 0.15) is 0 Å². The van der Waals surface area contributed by atoms with E-state index in [2.05, 4.69) is 26.1 Å². The molecule has 0 spiro atoms. The molecular formula is C27H27ClF3NO2Si. The molecule has 0 aromatic heterocycles. The normalized spacial score (nSPS) is 15.0. The van der Waals surface area contributed by atoms with E-state index in [0.717, 1.165) is 16.4 Å². The first-order valence-electron chi connectivity index (χ1n) is 11.4. The van der Waals surface area contributed by atoms with Crippen molar-refractivity contribution in [2.24, 2.45) is 0 Å². The Kier molecular flexibility index (Phi) is 6.88. The van der Waals surface area contributed by atoms with Gasteiger partial charge >= 0.3 is 6.18 Å².